The summed E-state index contributed by atoms with van der Waals surface area (Å²) in [6.45, 7) is 3.52. The minimum absolute atomic E-state index is 0.198. The average Bonchev–Trinajstić information content (AvgIpc) is 2.35. The lowest BCUT2D eigenvalue weighted by molar-refractivity contribution is -0.137. The van der Waals surface area contributed by atoms with Gasteiger partial charge in [-0.2, -0.15) is 0 Å². The quantitative estimate of drug-likeness (QED) is 0.717. The Kier molecular flexibility index (Phi) is 6.43. The van der Waals surface area contributed by atoms with Crippen LogP contribution in [-0.2, 0) is 16.0 Å². The van der Waals surface area contributed by atoms with Crippen LogP contribution < -0.4 is 5.32 Å². The maximum absolute atomic E-state index is 13.1. The molecule has 0 spiro atoms. The third kappa shape index (κ3) is 6.13. The van der Waals surface area contributed by atoms with Crippen molar-refractivity contribution < 1.29 is 19.1 Å². The number of carbonyl (C=O) groups is 2. The Labute approximate surface area is 117 Å². The lowest BCUT2D eigenvalue weighted by Gasteiger charge is -2.17. The Balaban J connectivity index is 2.66. The summed E-state index contributed by atoms with van der Waals surface area (Å²) in [5, 5.41) is 11.5. The zero-order valence-electron chi connectivity index (χ0n) is 11.1. The van der Waals surface area contributed by atoms with E-state index >= 15 is 0 Å². The number of nitrogens with one attached hydrogen (secondary N) is 1. The van der Waals surface area contributed by atoms with E-state index in [1.807, 2.05) is 0 Å². The fourth-order valence-electron chi connectivity index (χ4n) is 1.87. The number of carbonyl (C=O) groups excluding carboxylic acids is 1. The molecule has 1 aromatic carbocycles. The number of halogens is 1. The van der Waals surface area contributed by atoms with Gasteiger partial charge in [-0.25, -0.2) is 4.39 Å². The molecule has 0 saturated heterocycles. The van der Waals surface area contributed by atoms with Gasteiger partial charge >= 0.3 is 5.97 Å². The van der Waals surface area contributed by atoms with Gasteiger partial charge in [-0.3, -0.25) is 9.59 Å². The molecule has 1 aromatic rings. The van der Waals surface area contributed by atoms with Gasteiger partial charge < -0.3 is 10.4 Å². The second kappa shape index (κ2) is 8.09. The van der Waals surface area contributed by atoms with Crippen LogP contribution in [-0.4, -0.2) is 23.0 Å². The predicted molar refractivity (Wildman–Crippen MR) is 73.7 cm³/mol. The van der Waals surface area contributed by atoms with Crippen molar-refractivity contribution >= 4 is 11.9 Å². The number of carboxylic acid groups (broad SMARTS) is 1. The summed E-state index contributed by atoms with van der Waals surface area (Å²) < 4.78 is 13.1. The molecule has 108 valence electrons. The molecule has 1 rings (SSSR count). The van der Waals surface area contributed by atoms with E-state index in [0.717, 1.165) is 0 Å². The highest BCUT2D eigenvalue weighted by Crippen LogP contribution is 2.09. The second-order valence-electron chi connectivity index (χ2n) is 4.52. The molecule has 0 aliphatic carbocycles. The second-order valence-corrected chi connectivity index (χ2v) is 4.52. The molecule has 0 bridgehead atoms. The lowest BCUT2D eigenvalue weighted by atomic mass is 10.0. The number of allylic oxidation sites excluding steroid dienone is 1. The predicted octanol–water partition coefficient (Wildman–Crippen LogP) is 2.29. The highest BCUT2D eigenvalue weighted by Gasteiger charge is 2.16. The van der Waals surface area contributed by atoms with Crippen LogP contribution in [0.4, 0.5) is 4.39 Å². The first-order valence-corrected chi connectivity index (χ1v) is 6.37. The van der Waals surface area contributed by atoms with E-state index in [9.17, 15) is 14.0 Å². The first-order chi connectivity index (χ1) is 9.51. The van der Waals surface area contributed by atoms with Gasteiger partial charge in [0.2, 0.25) is 5.91 Å². The molecular formula is C15H18FNO3. The monoisotopic (exact) mass is 279 g/mol. The van der Waals surface area contributed by atoms with Gasteiger partial charge in [-0.15, -0.1) is 6.58 Å². The van der Waals surface area contributed by atoms with Crippen molar-refractivity contribution in [2.45, 2.75) is 31.7 Å². The van der Waals surface area contributed by atoms with E-state index < -0.39 is 12.0 Å². The first kappa shape index (κ1) is 15.9. The molecule has 0 radical (unpaired) electrons. The Morgan fingerprint density at radius 1 is 1.45 bits per heavy atom. The molecule has 5 heteroatoms. The number of carboxylic acids is 1. The number of hydrogen-bond donors (Lipinski definition) is 2. The Bertz CT molecular complexity index is 488. The molecule has 2 N–H and O–H groups in total. The van der Waals surface area contributed by atoms with E-state index in [2.05, 4.69) is 11.9 Å². The fourth-order valence-corrected chi connectivity index (χ4v) is 1.87. The van der Waals surface area contributed by atoms with Gasteiger partial charge in [0.1, 0.15) is 5.82 Å². The number of amides is 1. The summed E-state index contributed by atoms with van der Waals surface area (Å²) in [7, 11) is 0. The minimum Gasteiger partial charge on any atom is -0.481 e. The van der Waals surface area contributed by atoms with Gasteiger partial charge in [-0.1, -0.05) is 18.2 Å². The summed E-state index contributed by atoms with van der Waals surface area (Å²) in [6.07, 6.45) is 2.51. The van der Waals surface area contributed by atoms with Crippen molar-refractivity contribution in [3.05, 3.63) is 48.3 Å². The SMILES string of the molecule is C=CCCC(=O)N[C@@H](CC(=O)O)Cc1cccc(F)c1. The van der Waals surface area contributed by atoms with Crippen molar-refractivity contribution in [1.82, 2.24) is 5.32 Å². The van der Waals surface area contributed by atoms with Crippen LogP contribution in [0.25, 0.3) is 0 Å². The fraction of sp³-hybridized carbons (Fsp3) is 0.333. The van der Waals surface area contributed by atoms with Crippen molar-refractivity contribution in [1.29, 1.82) is 0 Å². The van der Waals surface area contributed by atoms with E-state index in [0.29, 0.717) is 12.0 Å². The van der Waals surface area contributed by atoms with Crippen molar-refractivity contribution in [2.75, 3.05) is 0 Å². The average molecular weight is 279 g/mol. The van der Waals surface area contributed by atoms with Gasteiger partial charge in [0, 0.05) is 12.5 Å². The van der Waals surface area contributed by atoms with Crippen molar-refractivity contribution in [3.63, 3.8) is 0 Å². The smallest absolute Gasteiger partial charge is 0.305 e. The largest absolute Gasteiger partial charge is 0.481 e. The third-order valence-electron chi connectivity index (χ3n) is 2.73. The van der Waals surface area contributed by atoms with Crippen LogP contribution in [0.15, 0.2) is 36.9 Å². The standard InChI is InChI=1S/C15H18FNO3/c1-2-3-7-14(18)17-13(10-15(19)20)9-11-5-4-6-12(16)8-11/h2,4-6,8,13H,1,3,7,9-10H2,(H,17,18)(H,19,20)/t13-/m1/s1. The molecule has 1 atom stereocenters. The Morgan fingerprint density at radius 3 is 2.80 bits per heavy atom. The van der Waals surface area contributed by atoms with Crippen LogP contribution in [0.1, 0.15) is 24.8 Å². The molecule has 0 aliphatic heterocycles. The first-order valence-electron chi connectivity index (χ1n) is 6.37. The molecule has 0 aliphatic rings. The van der Waals surface area contributed by atoms with Gasteiger partial charge in [0.05, 0.1) is 6.42 Å². The molecule has 0 saturated carbocycles. The zero-order chi connectivity index (χ0) is 15.0. The Morgan fingerprint density at radius 2 is 2.20 bits per heavy atom. The molecule has 0 aromatic heterocycles. The van der Waals surface area contributed by atoms with Gasteiger partial charge in [-0.05, 0) is 30.5 Å². The zero-order valence-corrected chi connectivity index (χ0v) is 11.1. The molecule has 0 heterocycles. The molecule has 20 heavy (non-hydrogen) atoms. The van der Waals surface area contributed by atoms with Crippen molar-refractivity contribution in [3.8, 4) is 0 Å². The van der Waals surface area contributed by atoms with Crippen LogP contribution in [0.3, 0.4) is 0 Å². The minimum atomic E-state index is -1.00. The maximum atomic E-state index is 13.1. The molecule has 0 fully saturated rings. The van der Waals surface area contributed by atoms with E-state index in [-0.39, 0.29) is 31.0 Å². The number of benzene rings is 1. The summed E-state index contributed by atoms with van der Waals surface area (Å²) in [4.78, 5) is 22.4. The topological polar surface area (TPSA) is 66.4 Å². The van der Waals surface area contributed by atoms with Crippen LogP contribution >= 0.6 is 0 Å². The summed E-state index contributed by atoms with van der Waals surface area (Å²) in [5.41, 5.74) is 0.653. The summed E-state index contributed by atoms with van der Waals surface area (Å²) in [5.74, 6) is -1.61. The Hall–Kier alpha value is -2.17. The van der Waals surface area contributed by atoms with Gasteiger partial charge in [0.15, 0.2) is 0 Å². The van der Waals surface area contributed by atoms with Crippen molar-refractivity contribution in [2.24, 2.45) is 0 Å². The molecular weight excluding hydrogens is 261 g/mol. The number of hydrogen-bond acceptors (Lipinski definition) is 2. The van der Waals surface area contributed by atoms with Gasteiger partial charge in [0.25, 0.3) is 0 Å². The molecule has 0 unspecified atom stereocenters. The van der Waals surface area contributed by atoms with Crippen LogP contribution in [0, 0.1) is 5.82 Å². The summed E-state index contributed by atoms with van der Waals surface area (Å²) >= 11 is 0. The number of rotatable bonds is 8. The number of aliphatic carboxylic acids is 1. The van der Waals surface area contributed by atoms with E-state index in [1.165, 1.54) is 12.1 Å². The highest BCUT2D eigenvalue weighted by molar-refractivity contribution is 5.77. The normalized spacial score (nSPS) is 11.7. The summed E-state index contributed by atoms with van der Waals surface area (Å²) in [6, 6.07) is 5.37. The van der Waals surface area contributed by atoms with Crippen LogP contribution in [0.5, 0.6) is 0 Å². The van der Waals surface area contributed by atoms with E-state index in [4.69, 9.17) is 5.11 Å². The van der Waals surface area contributed by atoms with E-state index in [1.54, 1.807) is 18.2 Å². The maximum Gasteiger partial charge on any atom is 0.305 e. The molecule has 1 amide bonds. The lowest BCUT2D eigenvalue weighted by Crippen LogP contribution is -2.37. The highest BCUT2D eigenvalue weighted by atomic mass is 19.1. The molecule has 4 nitrogen and oxygen atoms in total. The van der Waals surface area contributed by atoms with Crippen LogP contribution in [0.2, 0.25) is 0 Å². The third-order valence-corrected chi connectivity index (χ3v) is 2.73.